The number of esters is 1. The topological polar surface area (TPSA) is 157 Å². The quantitative estimate of drug-likeness (QED) is 0.226. The molecular weight excluding hydrogens is 486 g/mol. The summed E-state index contributed by atoms with van der Waals surface area (Å²) in [7, 11) is -4.01. The van der Waals surface area contributed by atoms with Gasteiger partial charge in [-0.3, -0.25) is 14.9 Å². The highest BCUT2D eigenvalue weighted by molar-refractivity contribution is 7.90. The van der Waals surface area contributed by atoms with Gasteiger partial charge in [-0.2, -0.15) is 5.26 Å². The van der Waals surface area contributed by atoms with Crippen molar-refractivity contribution in [2.24, 2.45) is 11.8 Å². The molecule has 12 heteroatoms. The second kappa shape index (κ2) is 11.2. The van der Waals surface area contributed by atoms with E-state index in [1.165, 1.54) is 24.4 Å². The molecule has 0 radical (unpaired) electrons. The van der Waals surface area contributed by atoms with Gasteiger partial charge in [0.1, 0.15) is 11.9 Å². The summed E-state index contributed by atoms with van der Waals surface area (Å²) in [5.74, 6) is -1.70. The zero-order valence-corrected chi connectivity index (χ0v) is 20.9. The van der Waals surface area contributed by atoms with Crippen LogP contribution in [0.1, 0.15) is 33.6 Å². The molecule has 0 saturated heterocycles. The van der Waals surface area contributed by atoms with Gasteiger partial charge in [0.25, 0.3) is 10.0 Å². The van der Waals surface area contributed by atoms with E-state index in [1.54, 1.807) is 32.0 Å². The fraction of sp³-hybridized carbons (Fsp3) is 0.375. The highest BCUT2D eigenvalue weighted by atomic mass is 32.2. The fourth-order valence-corrected chi connectivity index (χ4v) is 5.26. The average Bonchev–Trinajstić information content (AvgIpc) is 3.31. The Morgan fingerprint density at radius 3 is 2.56 bits per heavy atom. The summed E-state index contributed by atoms with van der Waals surface area (Å²) in [6.07, 6.45) is 2.99. The van der Waals surface area contributed by atoms with Gasteiger partial charge in [0.15, 0.2) is 5.65 Å². The minimum absolute atomic E-state index is 0.00435. The summed E-state index contributed by atoms with van der Waals surface area (Å²) >= 11 is 0. The number of hydrogen-bond donors (Lipinski definition) is 1. The van der Waals surface area contributed by atoms with Gasteiger partial charge >= 0.3 is 11.7 Å². The van der Waals surface area contributed by atoms with E-state index in [1.807, 2.05) is 6.92 Å². The number of rotatable bonds is 11. The van der Waals surface area contributed by atoms with Crippen LogP contribution in [0.25, 0.3) is 11.0 Å². The maximum Gasteiger partial charge on any atom is 0.311 e. The summed E-state index contributed by atoms with van der Waals surface area (Å²) in [4.78, 5) is 28.0. The smallest absolute Gasteiger partial charge is 0.311 e. The number of carbonyl (C=O) groups is 1. The highest BCUT2D eigenvalue weighted by Crippen LogP contribution is 2.35. The van der Waals surface area contributed by atoms with Crippen LogP contribution in [0.3, 0.4) is 0 Å². The summed E-state index contributed by atoms with van der Waals surface area (Å²) in [6, 6.07) is 10.7. The number of ether oxygens (including phenoxy) is 1. The predicted molar refractivity (Wildman–Crippen MR) is 133 cm³/mol. The van der Waals surface area contributed by atoms with E-state index >= 15 is 0 Å². The predicted octanol–water partition coefficient (Wildman–Crippen LogP) is 4.10. The second-order valence-electron chi connectivity index (χ2n) is 8.20. The fourth-order valence-electron chi connectivity index (χ4n) is 3.94. The molecule has 0 saturated carbocycles. The first kappa shape index (κ1) is 26.6. The lowest BCUT2D eigenvalue weighted by molar-refractivity contribution is -0.384. The van der Waals surface area contributed by atoms with Crippen LogP contribution >= 0.6 is 0 Å². The summed E-state index contributed by atoms with van der Waals surface area (Å²) < 4.78 is 32.5. The Morgan fingerprint density at radius 2 is 1.97 bits per heavy atom. The molecule has 0 fully saturated rings. The van der Waals surface area contributed by atoms with Crippen molar-refractivity contribution in [3.63, 3.8) is 0 Å². The van der Waals surface area contributed by atoms with Gasteiger partial charge in [-0.15, -0.1) is 0 Å². The minimum Gasteiger partial charge on any atom is -0.466 e. The molecule has 2 heterocycles. The molecule has 2 aromatic heterocycles. The Balaban J connectivity index is 2.09. The minimum atomic E-state index is -4.01. The number of hydrogen-bond acceptors (Lipinski definition) is 9. The van der Waals surface area contributed by atoms with E-state index in [0.717, 1.165) is 10.2 Å². The zero-order chi connectivity index (χ0) is 26.5. The van der Waals surface area contributed by atoms with E-state index in [2.05, 4.69) is 16.4 Å². The van der Waals surface area contributed by atoms with Gasteiger partial charge in [0.05, 0.1) is 33.8 Å². The number of carbonyl (C=O) groups excluding carboxylic acids is 1. The molecule has 0 amide bonds. The van der Waals surface area contributed by atoms with E-state index in [-0.39, 0.29) is 40.3 Å². The highest BCUT2D eigenvalue weighted by Gasteiger charge is 2.32. The second-order valence-corrected chi connectivity index (χ2v) is 10.0. The maximum absolute atomic E-state index is 13.2. The van der Waals surface area contributed by atoms with Crippen molar-refractivity contribution in [2.45, 2.75) is 44.6 Å². The average molecular weight is 514 g/mol. The number of nitriles is 1. The molecule has 11 nitrogen and oxygen atoms in total. The zero-order valence-electron chi connectivity index (χ0n) is 20.1. The number of nitrogens with one attached hydrogen (secondary N) is 1. The SMILES string of the molecule is CCOC(=O)C(CC(C#N)CC)C(C)Nc1c([N+](=O)[O-])cnc2c1ccn2S(=O)(=O)c1ccccc1. The van der Waals surface area contributed by atoms with Gasteiger partial charge in [-0.05, 0) is 44.9 Å². The lowest BCUT2D eigenvalue weighted by atomic mass is 9.88. The van der Waals surface area contributed by atoms with E-state index in [9.17, 15) is 28.6 Å². The van der Waals surface area contributed by atoms with Crippen molar-refractivity contribution < 1.29 is 22.9 Å². The first-order valence-corrected chi connectivity index (χ1v) is 12.9. The number of pyridine rings is 1. The molecule has 36 heavy (non-hydrogen) atoms. The molecule has 0 spiro atoms. The Labute approximate surface area is 208 Å². The van der Waals surface area contributed by atoms with E-state index in [4.69, 9.17) is 4.74 Å². The Hall–Kier alpha value is -3.98. The lowest BCUT2D eigenvalue weighted by Crippen LogP contribution is -2.35. The Kier molecular flexibility index (Phi) is 8.26. The third-order valence-electron chi connectivity index (χ3n) is 5.94. The van der Waals surface area contributed by atoms with Crippen LogP contribution in [0.5, 0.6) is 0 Å². The summed E-state index contributed by atoms with van der Waals surface area (Å²) in [5, 5.41) is 24.5. The molecule has 1 aromatic carbocycles. The summed E-state index contributed by atoms with van der Waals surface area (Å²) in [6.45, 7) is 5.31. The van der Waals surface area contributed by atoms with Gasteiger partial charge < -0.3 is 10.1 Å². The van der Waals surface area contributed by atoms with Crippen molar-refractivity contribution in [1.82, 2.24) is 8.96 Å². The van der Waals surface area contributed by atoms with Crippen LogP contribution in [0.15, 0.2) is 53.7 Å². The molecule has 0 aliphatic carbocycles. The van der Waals surface area contributed by atoms with E-state index < -0.39 is 38.8 Å². The van der Waals surface area contributed by atoms with Crippen molar-refractivity contribution >= 4 is 38.4 Å². The van der Waals surface area contributed by atoms with Crippen LogP contribution in [0.4, 0.5) is 11.4 Å². The van der Waals surface area contributed by atoms with Crippen LogP contribution < -0.4 is 5.32 Å². The molecule has 3 rings (SSSR count). The van der Waals surface area contributed by atoms with E-state index in [0.29, 0.717) is 6.42 Å². The molecule has 3 atom stereocenters. The van der Waals surface area contributed by atoms with Crippen LogP contribution in [-0.4, -0.2) is 40.9 Å². The lowest BCUT2D eigenvalue weighted by Gasteiger charge is -2.25. The van der Waals surface area contributed by atoms with Crippen molar-refractivity contribution in [2.75, 3.05) is 11.9 Å². The van der Waals surface area contributed by atoms with Crippen molar-refractivity contribution in [1.29, 1.82) is 5.26 Å². The normalized spacial score (nSPS) is 13.9. The number of nitro groups is 1. The standard InChI is InChI=1S/C24H27N5O6S/c1-4-17(14-25)13-20(24(30)35-5-2)16(3)27-22-19-11-12-28(23(19)26-15-21(22)29(31)32)36(33,34)18-9-7-6-8-10-18/h6-12,15-17,20H,4-5,13H2,1-3H3,(H,26,27). The van der Waals surface area contributed by atoms with Gasteiger partial charge in [-0.1, -0.05) is 25.1 Å². The Bertz CT molecular complexity index is 1400. The molecular formula is C24H27N5O6S. The van der Waals surface area contributed by atoms with Gasteiger partial charge in [0, 0.05) is 18.2 Å². The van der Waals surface area contributed by atoms with Crippen LogP contribution in [0.2, 0.25) is 0 Å². The van der Waals surface area contributed by atoms with Gasteiger partial charge in [0.2, 0.25) is 0 Å². The molecule has 190 valence electrons. The number of aromatic nitrogens is 2. The molecule has 3 aromatic rings. The monoisotopic (exact) mass is 513 g/mol. The molecule has 0 aliphatic heterocycles. The summed E-state index contributed by atoms with van der Waals surface area (Å²) in [5.41, 5.74) is -0.353. The van der Waals surface area contributed by atoms with Crippen LogP contribution in [0, 0.1) is 33.3 Å². The number of fused-ring (bicyclic) bond motifs is 1. The first-order valence-electron chi connectivity index (χ1n) is 11.4. The first-order chi connectivity index (χ1) is 17.1. The third kappa shape index (κ3) is 5.31. The largest absolute Gasteiger partial charge is 0.466 e. The van der Waals surface area contributed by atoms with Crippen molar-refractivity contribution in [3.8, 4) is 6.07 Å². The van der Waals surface area contributed by atoms with Gasteiger partial charge in [-0.25, -0.2) is 17.4 Å². The van der Waals surface area contributed by atoms with Crippen LogP contribution in [-0.2, 0) is 19.6 Å². The third-order valence-corrected chi connectivity index (χ3v) is 7.62. The molecule has 0 bridgehead atoms. The number of nitrogens with zero attached hydrogens (tertiary/aromatic N) is 4. The molecule has 0 aliphatic rings. The Morgan fingerprint density at radius 1 is 1.28 bits per heavy atom. The number of anilines is 1. The molecule has 1 N–H and O–H groups in total. The number of benzene rings is 1. The van der Waals surface area contributed by atoms with Crippen molar-refractivity contribution in [3.05, 3.63) is 58.9 Å². The molecule has 3 unspecified atom stereocenters. The maximum atomic E-state index is 13.2.